The van der Waals surface area contributed by atoms with Crippen LogP contribution < -0.4 is 4.74 Å². The molecular weight excluding hydrogens is 352 g/mol. The second-order valence-electron chi connectivity index (χ2n) is 8.46. The van der Waals surface area contributed by atoms with Crippen molar-refractivity contribution in [3.05, 3.63) is 65.2 Å². The third-order valence-electron chi connectivity index (χ3n) is 5.32. The van der Waals surface area contributed by atoms with Gasteiger partial charge in [0.15, 0.2) is 6.29 Å². The molecule has 0 aliphatic heterocycles. The number of carbonyl (C=O) groups excluding carboxylic acids is 1. The summed E-state index contributed by atoms with van der Waals surface area (Å²) in [4.78, 5) is 11.9. The summed E-state index contributed by atoms with van der Waals surface area (Å²) in [5, 5.41) is 0. The SMILES string of the molecule is CC(OCCOC(=O)c1ccccc1)Oc1ccc2c(c1)CC(C(C)(C)C)C2. The largest absolute Gasteiger partial charge is 0.465 e. The van der Waals surface area contributed by atoms with Crippen molar-refractivity contribution in [2.45, 2.75) is 46.8 Å². The van der Waals surface area contributed by atoms with Crippen LogP contribution in [-0.2, 0) is 22.3 Å². The minimum Gasteiger partial charge on any atom is -0.465 e. The average Bonchev–Trinajstić information content (AvgIpc) is 3.09. The van der Waals surface area contributed by atoms with E-state index in [1.54, 1.807) is 12.1 Å². The van der Waals surface area contributed by atoms with Gasteiger partial charge in [0.25, 0.3) is 0 Å². The van der Waals surface area contributed by atoms with E-state index >= 15 is 0 Å². The monoisotopic (exact) mass is 382 g/mol. The van der Waals surface area contributed by atoms with Crippen LogP contribution in [0.5, 0.6) is 5.75 Å². The second kappa shape index (κ2) is 8.78. The van der Waals surface area contributed by atoms with Crippen molar-refractivity contribution in [1.29, 1.82) is 0 Å². The molecule has 0 saturated heterocycles. The highest BCUT2D eigenvalue weighted by atomic mass is 16.7. The quantitative estimate of drug-likeness (QED) is 0.382. The van der Waals surface area contributed by atoms with Crippen molar-refractivity contribution in [3.8, 4) is 5.75 Å². The molecule has 4 heteroatoms. The molecule has 0 amide bonds. The van der Waals surface area contributed by atoms with E-state index in [4.69, 9.17) is 14.2 Å². The van der Waals surface area contributed by atoms with Crippen LogP contribution in [0.2, 0.25) is 0 Å². The molecule has 150 valence electrons. The van der Waals surface area contributed by atoms with Crippen LogP contribution in [0.15, 0.2) is 48.5 Å². The van der Waals surface area contributed by atoms with E-state index in [1.807, 2.05) is 31.2 Å². The predicted octanol–water partition coefficient (Wildman–Crippen LogP) is 5.05. The van der Waals surface area contributed by atoms with Crippen LogP contribution in [0.1, 0.15) is 49.2 Å². The zero-order valence-electron chi connectivity index (χ0n) is 17.2. The summed E-state index contributed by atoms with van der Waals surface area (Å²) in [5.74, 6) is 1.15. The van der Waals surface area contributed by atoms with Gasteiger partial charge in [-0.05, 0) is 66.5 Å². The predicted molar refractivity (Wildman–Crippen MR) is 110 cm³/mol. The van der Waals surface area contributed by atoms with Crippen LogP contribution in [-0.4, -0.2) is 25.5 Å². The summed E-state index contributed by atoms with van der Waals surface area (Å²) >= 11 is 0. The standard InChI is InChI=1S/C24H30O4/c1-17(26-12-13-27-23(25)18-8-6-5-7-9-18)28-22-11-10-19-14-21(24(2,3)4)15-20(19)16-22/h5-11,16-17,21H,12-15H2,1-4H3. The van der Waals surface area contributed by atoms with Crippen molar-refractivity contribution in [2.24, 2.45) is 11.3 Å². The number of esters is 1. The number of benzene rings is 2. The van der Waals surface area contributed by atoms with Gasteiger partial charge >= 0.3 is 5.97 Å². The molecule has 0 aromatic heterocycles. The van der Waals surface area contributed by atoms with Gasteiger partial charge in [0.2, 0.25) is 0 Å². The molecule has 3 rings (SSSR count). The zero-order chi connectivity index (χ0) is 20.1. The Kier molecular flexibility index (Phi) is 6.40. The summed E-state index contributed by atoms with van der Waals surface area (Å²) in [6, 6.07) is 15.3. The Morgan fingerprint density at radius 3 is 2.46 bits per heavy atom. The maximum absolute atomic E-state index is 11.9. The molecule has 2 atom stereocenters. The number of carbonyl (C=O) groups is 1. The van der Waals surface area contributed by atoms with Gasteiger partial charge in [0.1, 0.15) is 12.4 Å². The van der Waals surface area contributed by atoms with E-state index in [2.05, 4.69) is 32.9 Å². The summed E-state index contributed by atoms with van der Waals surface area (Å²) < 4.78 is 16.7. The van der Waals surface area contributed by atoms with Crippen LogP contribution in [0, 0.1) is 11.3 Å². The first-order valence-electron chi connectivity index (χ1n) is 9.95. The fraction of sp³-hybridized carbons (Fsp3) is 0.458. The molecule has 0 N–H and O–H groups in total. The molecule has 1 aliphatic rings. The highest BCUT2D eigenvalue weighted by Crippen LogP contribution is 2.39. The third kappa shape index (κ3) is 5.35. The number of fused-ring (bicyclic) bond motifs is 1. The van der Waals surface area contributed by atoms with Crippen LogP contribution >= 0.6 is 0 Å². The molecule has 28 heavy (non-hydrogen) atoms. The lowest BCUT2D eigenvalue weighted by atomic mass is 9.79. The van der Waals surface area contributed by atoms with Crippen LogP contribution in [0.25, 0.3) is 0 Å². The first-order chi connectivity index (χ1) is 13.3. The molecule has 0 spiro atoms. The Labute approximate surface area is 167 Å². The second-order valence-corrected chi connectivity index (χ2v) is 8.46. The average molecular weight is 383 g/mol. The molecule has 2 aromatic carbocycles. The van der Waals surface area contributed by atoms with E-state index in [9.17, 15) is 4.79 Å². The number of ether oxygens (including phenoxy) is 3. The molecule has 0 heterocycles. The molecule has 0 bridgehead atoms. The minimum absolute atomic E-state index is 0.193. The summed E-state index contributed by atoms with van der Waals surface area (Å²) in [5.41, 5.74) is 3.65. The molecule has 0 fully saturated rings. The smallest absolute Gasteiger partial charge is 0.338 e. The van der Waals surface area contributed by atoms with Crippen molar-refractivity contribution in [3.63, 3.8) is 0 Å². The van der Waals surface area contributed by atoms with Gasteiger partial charge in [0.05, 0.1) is 12.2 Å². The number of rotatable bonds is 7. The number of hydrogen-bond acceptors (Lipinski definition) is 4. The lowest BCUT2D eigenvalue weighted by Gasteiger charge is -2.26. The molecule has 0 saturated carbocycles. The van der Waals surface area contributed by atoms with E-state index in [0.29, 0.717) is 16.9 Å². The highest BCUT2D eigenvalue weighted by molar-refractivity contribution is 5.89. The zero-order valence-corrected chi connectivity index (χ0v) is 17.2. The van der Waals surface area contributed by atoms with E-state index in [1.165, 1.54) is 11.1 Å². The van der Waals surface area contributed by atoms with Crippen molar-refractivity contribution >= 4 is 5.97 Å². The fourth-order valence-electron chi connectivity index (χ4n) is 3.51. The molecule has 2 unspecified atom stereocenters. The fourth-order valence-corrected chi connectivity index (χ4v) is 3.51. The number of hydrogen-bond donors (Lipinski definition) is 0. The van der Waals surface area contributed by atoms with Crippen molar-refractivity contribution < 1.29 is 19.0 Å². The Hall–Kier alpha value is -2.33. The lowest BCUT2D eigenvalue weighted by Crippen LogP contribution is -2.20. The Morgan fingerprint density at radius 1 is 1.04 bits per heavy atom. The minimum atomic E-state index is -0.409. The molecule has 2 aromatic rings. The maximum Gasteiger partial charge on any atom is 0.338 e. The normalized spacial score (nSPS) is 17.1. The van der Waals surface area contributed by atoms with Crippen molar-refractivity contribution in [2.75, 3.05) is 13.2 Å². The first-order valence-corrected chi connectivity index (χ1v) is 9.95. The van der Waals surface area contributed by atoms with Gasteiger partial charge in [-0.1, -0.05) is 45.0 Å². The van der Waals surface area contributed by atoms with Crippen molar-refractivity contribution in [1.82, 2.24) is 0 Å². The lowest BCUT2D eigenvalue weighted by molar-refractivity contribution is -0.0784. The first kappa shape index (κ1) is 20.4. The topological polar surface area (TPSA) is 44.8 Å². The molecule has 1 aliphatic carbocycles. The van der Waals surface area contributed by atoms with Gasteiger partial charge in [-0.25, -0.2) is 4.79 Å². The summed E-state index contributed by atoms with van der Waals surface area (Å²) in [6.07, 6.45) is 1.83. The van der Waals surface area contributed by atoms with Gasteiger partial charge in [0, 0.05) is 0 Å². The van der Waals surface area contributed by atoms with E-state index in [0.717, 1.165) is 18.6 Å². The Bertz CT molecular complexity index is 792. The molecule has 4 nitrogen and oxygen atoms in total. The van der Waals surface area contributed by atoms with Crippen LogP contribution in [0.4, 0.5) is 0 Å². The Balaban J connectivity index is 1.42. The third-order valence-corrected chi connectivity index (χ3v) is 5.32. The van der Waals surface area contributed by atoms with Gasteiger partial charge < -0.3 is 14.2 Å². The van der Waals surface area contributed by atoms with Crippen LogP contribution in [0.3, 0.4) is 0 Å². The molecular formula is C24H30O4. The Morgan fingerprint density at radius 2 is 1.75 bits per heavy atom. The van der Waals surface area contributed by atoms with Gasteiger partial charge in [-0.2, -0.15) is 0 Å². The summed E-state index contributed by atoms with van der Waals surface area (Å²) in [6.45, 7) is 9.25. The van der Waals surface area contributed by atoms with E-state index < -0.39 is 6.29 Å². The summed E-state index contributed by atoms with van der Waals surface area (Å²) in [7, 11) is 0. The highest BCUT2D eigenvalue weighted by Gasteiger charge is 2.31. The maximum atomic E-state index is 11.9. The molecule has 0 radical (unpaired) electrons. The van der Waals surface area contributed by atoms with Gasteiger partial charge in [-0.3, -0.25) is 0 Å². The van der Waals surface area contributed by atoms with E-state index in [-0.39, 0.29) is 19.2 Å². The van der Waals surface area contributed by atoms with Gasteiger partial charge in [-0.15, -0.1) is 0 Å².